The number of carbonyl (C=O) groups is 1. The Bertz CT molecular complexity index is 556. The highest BCUT2D eigenvalue weighted by Crippen LogP contribution is 2.43. The Balaban J connectivity index is 2.02. The van der Waals surface area contributed by atoms with E-state index in [2.05, 4.69) is 25.8 Å². The molecule has 1 aliphatic heterocycles. The number of piperidine rings is 1. The van der Waals surface area contributed by atoms with Gasteiger partial charge in [0, 0.05) is 24.1 Å². The van der Waals surface area contributed by atoms with Crippen LogP contribution < -0.4 is 4.74 Å². The van der Waals surface area contributed by atoms with E-state index in [9.17, 15) is 14.3 Å². The highest BCUT2D eigenvalue weighted by atomic mass is 19.1. The van der Waals surface area contributed by atoms with Crippen LogP contribution in [0, 0.1) is 17.2 Å². The van der Waals surface area contributed by atoms with Crippen LogP contribution >= 0.6 is 0 Å². The number of pyridine rings is 1. The van der Waals surface area contributed by atoms with Gasteiger partial charge >= 0.3 is 6.09 Å². The minimum absolute atomic E-state index is 0.105. The number of ether oxygens (including phenoxy) is 1. The molecule has 2 rings (SSSR count). The maximum Gasteiger partial charge on any atom is 0.407 e. The molecule has 5 nitrogen and oxygen atoms in total. The quantitative estimate of drug-likeness (QED) is 0.919. The lowest BCUT2D eigenvalue weighted by Gasteiger charge is -2.53. The van der Waals surface area contributed by atoms with Gasteiger partial charge < -0.3 is 14.7 Å². The van der Waals surface area contributed by atoms with Crippen LogP contribution in [0.2, 0.25) is 0 Å². The van der Waals surface area contributed by atoms with E-state index in [0.717, 1.165) is 19.0 Å². The summed E-state index contributed by atoms with van der Waals surface area (Å²) in [6, 6.07) is 2.77. The van der Waals surface area contributed by atoms with Crippen LogP contribution in [0.4, 0.5) is 9.18 Å². The Labute approximate surface area is 136 Å². The number of amides is 1. The molecule has 0 bridgehead atoms. The summed E-state index contributed by atoms with van der Waals surface area (Å²) in [5, 5.41) is 9.60. The monoisotopic (exact) mass is 324 g/mol. The number of rotatable bonds is 3. The van der Waals surface area contributed by atoms with Crippen molar-refractivity contribution in [2.24, 2.45) is 11.3 Å². The number of nitrogens with zero attached hydrogens (tertiary/aromatic N) is 2. The zero-order valence-corrected chi connectivity index (χ0v) is 14.2. The van der Waals surface area contributed by atoms with E-state index in [1.54, 1.807) is 4.90 Å². The van der Waals surface area contributed by atoms with Gasteiger partial charge in [-0.2, -0.15) is 0 Å². The van der Waals surface area contributed by atoms with Crippen LogP contribution in [-0.2, 0) is 0 Å². The van der Waals surface area contributed by atoms with Crippen LogP contribution in [-0.4, -0.2) is 39.8 Å². The standard InChI is InChI=1S/C17H25FN2O3/c1-16(2,3)17(4)8-7-12(10-20(17)15(21)22)11-23-14-6-5-13(18)9-19-14/h5-6,9,12H,7-8,10-11H2,1-4H3,(H,21,22)/t12-,17-/m1/s1. The molecular formula is C17H25FN2O3. The van der Waals surface area contributed by atoms with Gasteiger partial charge in [-0.25, -0.2) is 14.2 Å². The van der Waals surface area contributed by atoms with Gasteiger partial charge in [0.15, 0.2) is 0 Å². The molecule has 1 N–H and O–H groups in total. The molecule has 1 aliphatic rings. The van der Waals surface area contributed by atoms with Crippen molar-refractivity contribution in [3.05, 3.63) is 24.1 Å². The zero-order valence-electron chi connectivity index (χ0n) is 14.2. The number of halogens is 1. The first-order valence-corrected chi connectivity index (χ1v) is 7.88. The molecule has 1 saturated heterocycles. The maximum absolute atomic E-state index is 12.8. The van der Waals surface area contributed by atoms with Gasteiger partial charge in [-0.05, 0) is 31.2 Å². The normalized spacial score (nSPS) is 25.3. The zero-order chi connectivity index (χ0) is 17.3. The topological polar surface area (TPSA) is 62.7 Å². The Morgan fingerprint density at radius 1 is 1.52 bits per heavy atom. The average molecular weight is 324 g/mol. The van der Waals surface area contributed by atoms with Gasteiger partial charge in [-0.15, -0.1) is 0 Å². The van der Waals surface area contributed by atoms with Crippen LogP contribution in [0.5, 0.6) is 5.88 Å². The summed E-state index contributed by atoms with van der Waals surface area (Å²) < 4.78 is 18.4. The fraction of sp³-hybridized carbons (Fsp3) is 0.647. The number of likely N-dealkylation sites (tertiary alicyclic amines) is 1. The van der Waals surface area contributed by atoms with Crippen molar-refractivity contribution in [3.63, 3.8) is 0 Å². The molecular weight excluding hydrogens is 299 g/mol. The SMILES string of the molecule is CC(C)(C)[C@@]1(C)CC[C@@H](COc2ccc(F)cn2)CN1C(=O)O. The molecule has 0 saturated carbocycles. The van der Waals surface area contributed by atoms with Gasteiger partial charge in [0.05, 0.1) is 12.8 Å². The van der Waals surface area contributed by atoms with Crippen molar-refractivity contribution < 1.29 is 19.0 Å². The first kappa shape index (κ1) is 17.5. The average Bonchev–Trinajstić information content (AvgIpc) is 2.46. The predicted octanol–water partition coefficient (Wildman–Crippen LogP) is 3.79. The van der Waals surface area contributed by atoms with Gasteiger partial charge in [0.2, 0.25) is 5.88 Å². The second-order valence-corrected chi connectivity index (χ2v) is 7.45. The molecule has 1 fully saturated rings. The lowest BCUT2D eigenvalue weighted by Crippen LogP contribution is -2.61. The second-order valence-electron chi connectivity index (χ2n) is 7.45. The summed E-state index contributed by atoms with van der Waals surface area (Å²) in [4.78, 5) is 17.1. The van der Waals surface area contributed by atoms with E-state index in [-0.39, 0.29) is 11.3 Å². The lowest BCUT2D eigenvalue weighted by atomic mass is 9.68. The third kappa shape index (κ3) is 3.74. The van der Waals surface area contributed by atoms with Crippen molar-refractivity contribution in [3.8, 4) is 5.88 Å². The summed E-state index contributed by atoms with van der Waals surface area (Å²) >= 11 is 0. The van der Waals surface area contributed by atoms with E-state index in [4.69, 9.17) is 4.74 Å². The van der Waals surface area contributed by atoms with E-state index < -0.39 is 17.4 Å². The number of hydrogen-bond acceptors (Lipinski definition) is 3. The second kappa shape index (κ2) is 6.34. The highest BCUT2D eigenvalue weighted by molar-refractivity contribution is 5.66. The van der Waals surface area contributed by atoms with Crippen molar-refractivity contribution in [2.75, 3.05) is 13.2 Å². The van der Waals surface area contributed by atoms with Gasteiger partial charge in [-0.1, -0.05) is 20.8 Å². The molecule has 0 spiro atoms. The molecule has 2 atom stereocenters. The van der Waals surface area contributed by atoms with Crippen LogP contribution in [0.25, 0.3) is 0 Å². The first-order valence-electron chi connectivity index (χ1n) is 7.88. The Kier molecular flexibility index (Phi) is 4.82. The molecule has 1 aromatic heterocycles. The van der Waals surface area contributed by atoms with Crippen molar-refractivity contribution in [1.29, 1.82) is 0 Å². The fourth-order valence-electron chi connectivity index (χ4n) is 3.03. The van der Waals surface area contributed by atoms with E-state index >= 15 is 0 Å². The van der Waals surface area contributed by atoms with Crippen molar-refractivity contribution >= 4 is 6.09 Å². The molecule has 0 aromatic carbocycles. The lowest BCUT2D eigenvalue weighted by molar-refractivity contribution is -0.0350. The highest BCUT2D eigenvalue weighted by Gasteiger charge is 2.48. The molecule has 128 valence electrons. The Hall–Kier alpha value is -1.85. The molecule has 0 unspecified atom stereocenters. The smallest absolute Gasteiger partial charge is 0.407 e. The van der Waals surface area contributed by atoms with Gasteiger partial charge in [-0.3, -0.25) is 0 Å². The molecule has 0 aliphatic carbocycles. The largest absolute Gasteiger partial charge is 0.477 e. The molecule has 23 heavy (non-hydrogen) atoms. The molecule has 0 radical (unpaired) electrons. The summed E-state index contributed by atoms with van der Waals surface area (Å²) in [5.74, 6) is 0.0545. The first-order chi connectivity index (χ1) is 10.6. The molecule has 2 heterocycles. The van der Waals surface area contributed by atoms with Crippen LogP contribution in [0.1, 0.15) is 40.5 Å². The number of hydrogen-bond donors (Lipinski definition) is 1. The summed E-state index contributed by atoms with van der Waals surface area (Å²) in [7, 11) is 0. The third-order valence-corrected chi connectivity index (χ3v) is 5.09. The number of carboxylic acid groups (broad SMARTS) is 1. The third-order valence-electron chi connectivity index (χ3n) is 5.09. The van der Waals surface area contributed by atoms with Crippen LogP contribution in [0.3, 0.4) is 0 Å². The van der Waals surface area contributed by atoms with Crippen LogP contribution in [0.15, 0.2) is 18.3 Å². The Morgan fingerprint density at radius 2 is 2.22 bits per heavy atom. The minimum atomic E-state index is -0.896. The molecule has 1 amide bonds. The van der Waals surface area contributed by atoms with Gasteiger partial charge in [0.25, 0.3) is 0 Å². The van der Waals surface area contributed by atoms with Crippen molar-refractivity contribution in [2.45, 2.75) is 46.1 Å². The Morgan fingerprint density at radius 3 is 2.74 bits per heavy atom. The van der Waals surface area contributed by atoms with E-state index in [0.29, 0.717) is 19.0 Å². The summed E-state index contributed by atoms with van der Waals surface area (Å²) in [6.45, 7) is 9.04. The van der Waals surface area contributed by atoms with Crippen molar-refractivity contribution in [1.82, 2.24) is 9.88 Å². The van der Waals surface area contributed by atoms with E-state index in [1.807, 2.05) is 6.92 Å². The minimum Gasteiger partial charge on any atom is -0.477 e. The summed E-state index contributed by atoms with van der Waals surface area (Å²) in [5.41, 5.74) is -0.542. The molecule has 1 aromatic rings. The van der Waals surface area contributed by atoms with E-state index in [1.165, 1.54) is 12.1 Å². The number of aromatic nitrogens is 1. The maximum atomic E-state index is 12.8. The predicted molar refractivity (Wildman–Crippen MR) is 85.0 cm³/mol. The fourth-order valence-corrected chi connectivity index (χ4v) is 3.03. The van der Waals surface area contributed by atoms with Gasteiger partial charge in [0.1, 0.15) is 5.82 Å². The summed E-state index contributed by atoms with van der Waals surface area (Å²) in [6.07, 6.45) is 1.88. The molecule has 6 heteroatoms.